The van der Waals surface area contributed by atoms with Crippen molar-refractivity contribution in [2.45, 2.75) is 13.8 Å². The lowest BCUT2D eigenvalue weighted by Crippen LogP contribution is -1.90. The molecule has 0 aliphatic rings. The molecule has 0 heterocycles. The molecule has 0 atom stereocenters. The molecule has 0 rings (SSSR count). The number of hydrogen-bond acceptors (Lipinski definition) is 1. The van der Waals surface area contributed by atoms with Gasteiger partial charge in [0.1, 0.15) is 0 Å². The Morgan fingerprint density at radius 3 is 1.67 bits per heavy atom. The van der Waals surface area contributed by atoms with E-state index in [0.29, 0.717) is 12.5 Å². The quantitative estimate of drug-likeness (QED) is 0.426. The van der Waals surface area contributed by atoms with Gasteiger partial charge >= 0.3 is 0 Å². The van der Waals surface area contributed by atoms with E-state index in [4.69, 9.17) is 5.11 Å². The fourth-order valence-corrected chi connectivity index (χ4v) is 0. The average Bonchev–Trinajstić information content (AvgIpc) is 1.38. The van der Waals surface area contributed by atoms with Gasteiger partial charge < -0.3 is 5.11 Å². The Labute approximate surface area is 41.0 Å². The van der Waals surface area contributed by atoms with Crippen LogP contribution in [0.1, 0.15) is 13.8 Å². The lowest BCUT2D eigenvalue weighted by atomic mass is 10.2. The van der Waals surface area contributed by atoms with Crippen LogP contribution in [0.2, 0.25) is 0 Å². The molecule has 0 spiro atoms. The third-order valence-electron chi connectivity index (χ3n) is 0.365. The summed E-state index contributed by atoms with van der Waals surface area (Å²) in [5, 5.41) is 8.14. The van der Waals surface area contributed by atoms with Crippen LogP contribution in [0.15, 0.2) is 0 Å². The molecule has 0 saturated carbocycles. The molecule has 2 heteroatoms. The summed E-state index contributed by atoms with van der Waals surface area (Å²) in [7, 11) is 0. The summed E-state index contributed by atoms with van der Waals surface area (Å²) in [6.45, 7) is 4.25. The molecule has 0 aromatic rings. The maximum Gasteiger partial charge on any atom is 0.0814 e. The molecular weight excluding hydrogens is 74.9 g/mol. The highest BCUT2D eigenvalue weighted by Crippen LogP contribution is 1.83. The molecule has 0 bridgehead atoms. The van der Waals surface area contributed by atoms with E-state index >= 15 is 0 Å². The van der Waals surface area contributed by atoms with Gasteiger partial charge in [0.25, 0.3) is 0 Å². The van der Waals surface area contributed by atoms with E-state index in [9.17, 15) is 0 Å². The third kappa shape index (κ3) is 8.98. The Balaban J connectivity index is 0. The molecule has 0 aliphatic heterocycles. The molecular formula is C4H13BO. The van der Waals surface area contributed by atoms with Crippen molar-refractivity contribution in [1.82, 2.24) is 0 Å². The van der Waals surface area contributed by atoms with Crippen LogP contribution in [0.3, 0.4) is 0 Å². The minimum absolute atomic E-state index is 0. The summed E-state index contributed by atoms with van der Waals surface area (Å²) >= 11 is 0. The van der Waals surface area contributed by atoms with Crippen LogP contribution >= 0.6 is 0 Å². The average molecular weight is 88.0 g/mol. The van der Waals surface area contributed by atoms with Crippen molar-refractivity contribution in [2.24, 2.45) is 5.92 Å². The van der Waals surface area contributed by atoms with Crippen molar-refractivity contribution in [1.29, 1.82) is 0 Å². The first-order chi connectivity index (χ1) is 2.27. The molecule has 6 heavy (non-hydrogen) atoms. The topological polar surface area (TPSA) is 20.2 Å². The first-order valence-corrected chi connectivity index (χ1v) is 1.88. The molecule has 0 radical (unpaired) electrons. The van der Waals surface area contributed by atoms with Gasteiger partial charge in [-0.3, -0.25) is 0 Å². The van der Waals surface area contributed by atoms with E-state index < -0.39 is 0 Å². The molecule has 0 aliphatic carbocycles. The SMILES string of the molecule is B.CC(C)CO. The lowest BCUT2D eigenvalue weighted by Gasteiger charge is -1.90. The molecule has 0 aromatic heterocycles. The van der Waals surface area contributed by atoms with E-state index in [1.54, 1.807) is 0 Å². The van der Waals surface area contributed by atoms with Gasteiger partial charge in [0.15, 0.2) is 0 Å². The maximum absolute atomic E-state index is 8.14. The predicted molar refractivity (Wildman–Crippen MR) is 31.9 cm³/mol. The van der Waals surface area contributed by atoms with Gasteiger partial charge in [-0.25, -0.2) is 0 Å². The Kier molecular flexibility index (Phi) is 7.86. The first kappa shape index (κ1) is 9.39. The Hall–Kier alpha value is 0.0249. The van der Waals surface area contributed by atoms with Gasteiger partial charge in [-0.15, -0.1) is 0 Å². The number of rotatable bonds is 1. The minimum atomic E-state index is 0. The smallest absolute Gasteiger partial charge is 0.0814 e. The second-order valence-corrected chi connectivity index (χ2v) is 1.58. The summed E-state index contributed by atoms with van der Waals surface area (Å²) in [6.07, 6.45) is 0. The summed E-state index contributed by atoms with van der Waals surface area (Å²) in [4.78, 5) is 0. The van der Waals surface area contributed by atoms with Gasteiger partial charge in [-0.1, -0.05) is 13.8 Å². The van der Waals surface area contributed by atoms with Crippen molar-refractivity contribution in [3.63, 3.8) is 0 Å². The minimum Gasteiger partial charge on any atom is -0.396 e. The van der Waals surface area contributed by atoms with Crippen molar-refractivity contribution < 1.29 is 5.11 Å². The van der Waals surface area contributed by atoms with Crippen molar-refractivity contribution in [2.75, 3.05) is 6.61 Å². The predicted octanol–water partition coefficient (Wildman–Crippen LogP) is -0.549. The molecule has 1 N–H and O–H groups in total. The standard InChI is InChI=1S/C4H10O.BH3/c1-4(2)3-5;/h4-5H,3H2,1-2H3;1H3. The van der Waals surface area contributed by atoms with Gasteiger partial charge in [-0.05, 0) is 5.92 Å². The van der Waals surface area contributed by atoms with Crippen molar-refractivity contribution >= 4 is 8.41 Å². The van der Waals surface area contributed by atoms with Gasteiger partial charge in [0.05, 0.1) is 8.41 Å². The first-order valence-electron chi connectivity index (χ1n) is 1.88. The highest BCUT2D eigenvalue weighted by atomic mass is 16.3. The molecule has 0 amide bonds. The Morgan fingerprint density at radius 2 is 1.67 bits per heavy atom. The monoisotopic (exact) mass is 88.1 g/mol. The zero-order chi connectivity index (χ0) is 4.28. The second kappa shape index (κ2) is 5.02. The summed E-state index contributed by atoms with van der Waals surface area (Å²) < 4.78 is 0. The molecule has 1 nitrogen and oxygen atoms in total. The fourth-order valence-electron chi connectivity index (χ4n) is 0. The van der Waals surface area contributed by atoms with Crippen LogP contribution in [-0.4, -0.2) is 20.1 Å². The van der Waals surface area contributed by atoms with Gasteiger partial charge in [0.2, 0.25) is 0 Å². The lowest BCUT2D eigenvalue weighted by molar-refractivity contribution is 0.248. The normalized spacial score (nSPS) is 8.00. The maximum atomic E-state index is 8.14. The molecule has 0 saturated heterocycles. The van der Waals surface area contributed by atoms with E-state index in [0.717, 1.165) is 0 Å². The Bertz CT molecular complexity index is 21.5. The van der Waals surface area contributed by atoms with Crippen molar-refractivity contribution in [3.8, 4) is 0 Å². The van der Waals surface area contributed by atoms with Crippen LogP contribution in [0.4, 0.5) is 0 Å². The third-order valence-corrected chi connectivity index (χ3v) is 0.365. The Morgan fingerprint density at radius 1 is 1.50 bits per heavy atom. The highest BCUT2D eigenvalue weighted by Gasteiger charge is 1.81. The van der Waals surface area contributed by atoms with E-state index in [-0.39, 0.29) is 8.41 Å². The van der Waals surface area contributed by atoms with E-state index in [1.807, 2.05) is 13.8 Å². The van der Waals surface area contributed by atoms with Crippen LogP contribution in [0.25, 0.3) is 0 Å². The van der Waals surface area contributed by atoms with E-state index in [2.05, 4.69) is 0 Å². The second-order valence-electron chi connectivity index (χ2n) is 1.58. The largest absolute Gasteiger partial charge is 0.396 e. The van der Waals surface area contributed by atoms with Crippen LogP contribution < -0.4 is 0 Å². The van der Waals surface area contributed by atoms with Crippen molar-refractivity contribution in [3.05, 3.63) is 0 Å². The van der Waals surface area contributed by atoms with Gasteiger partial charge in [0, 0.05) is 6.61 Å². The molecule has 0 aromatic carbocycles. The molecule has 0 fully saturated rings. The molecule has 38 valence electrons. The number of aliphatic hydroxyl groups excluding tert-OH is 1. The number of aliphatic hydroxyl groups is 1. The van der Waals surface area contributed by atoms with Crippen LogP contribution in [-0.2, 0) is 0 Å². The summed E-state index contributed by atoms with van der Waals surface area (Å²) in [6, 6.07) is 0. The van der Waals surface area contributed by atoms with Crippen LogP contribution in [0, 0.1) is 5.92 Å². The van der Waals surface area contributed by atoms with E-state index in [1.165, 1.54) is 0 Å². The zero-order valence-corrected chi connectivity index (χ0v) is 3.73. The zero-order valence-electron chi connectivity index (χ0n) is 3.73. The highest BCUT2D eigenvalue weighted by molar-refractivity contribution is 5.75. The van der Waals surface area contributed by atoms with Crippen LogP contribution in [0.5, 0.6) is 0 Å². The summed E-state index contributed by atoms with van der Waals surface area (Å²) in [5.41, 5.74) is 0. The summed E-state index contributed by atoms with van der Waals surface area (Å²) in [5.74, 6) is 0.440. The number of hydrogen-bond donors (Lipinski definition) is 1. The fraction of sp³-hybridized carbons (Fsp3) is 1.00. The van der Waals surface area contributed by atoms with Gasteiger partial charge in [-0.2, -0.15) is 0 Å². The molecule has 0 unspecified atom stereocenters.